The number of nitrogens with one attached hydrogen (secondary N) is 1. The number of benzene rings is 1. The molecule has 5 heteroatoms. The number of amides is 1. The Morgan fingerprint density at radius 3 is 2.83 bits per heavy atom. The largest absolute Gasteiger partial charge is 0.352 e. The summed E-state index contributed by atoms with van der Waals surface area (Å²) in [5.74, 6) is 0.198. The molecule has 1 unspecified atom stereocenters. The molecule has 1 amide bonds. The molecule has 126 valence electrons. The fourth-order valence-electron chi connectivity index (χ4n) is 3.10. The monoisotopic (exact) mass is 343 g/mol. The third-order valence-electron chi connectivity index (χ3n) is 4.39. The molecule has 1 N–H and O–H groups in total. The van der Waals surface area contributed by atoms with E-state index >= 15 is 0 Å². The van der Waals surface area contributed by atoms with Crippen molar-refractivity contribution in [3.8, 4) is 0 Å². The smallest absolute Gasteiger partial charge is 0.224 e. The third-order valence-corrected chi connectivity index (χ3v) is 4.64. The van der Waals surface area contributed by atoms with Gasteiger partial charge < -0.3 is 5.32 Å². The second-order valence-electron chi connectivity index (χ2n) is 6.28. The van der Waals surface area contributed by atoms with Crippen molar-refractivity contribution in [2.24, 2.45) is 5.92 Å². The van der Waals surface area contributed by atoms with Crippen LogP contribution in [-0.2, 0) is 17.9 Å². The van der Waals surface area contributed by atoms with Crippen LogP contribution in [0.1, 0.15) is 24.0 Å². The van der Waals surface area contributed by atoms with Gasteiger partial charge in [-0.1, -0.05) is 29.8 Å². The summed E-state index contributed by atoms with van der Waals surface area (Å²) in [5.41, 5.74) is 2.26. The van der Waals surface area contributed by atoms with Crippen LogP contribution in [0.2, 0.25) is 5.02 Å². The molecule has 2 aromatic rings. The first-order valence-corrected chi connectivity index (χ1v) is 8.72. The van der Waals surface area contributed by atoms with E-state index in [1.165, 1.54) is 5.56 Å². The van der Waals surface area contributed by atoms with E-state index in [9.17, 15) is 4.79 Å². The lowest BCUT2D eigenvalue weighted by Crippen LogP contribution is -2.42. The number of pyridine rings is 1. The van der Waals surface area contributed by atoms with Crippen molar-refractivity contribution in [1.29, 1.82) is 0 Å². The number of nitrogens with zero attached hydrogens (tertiary/aromatic N) is 2. The lowest BCUT2D eigenvalue weighted by molar-refractivity contribution is -0.126. The minimum absolute atomic E-state index is 0.0581. The van der Waals surface area contributed by atoms with E-state index in [0.717, 1.165) is 38.0 Å². The summed E-state index contributed by atoms with van der Waals surface area (Å²) in [6.07, 6.45) is 5.69. The van der Waals surface area contributed by atoms with Gasteiger partial charge in [0.25, 0.3) is 0 Å². The Bertz CT molecular complexity index is 660. The summed E-state index contributed by atoms with van der Waals surface area (Å²) >= 11 is 5.88. The number of rotatable bonds is 5. The molecule has 0 bridgehead atoms. The lowest BCUT2D eigenvalue weighted by Gasteiger charge is -2.32. The second kappa shape index (κ2) is 8.27. The average molecular weight is 344 g/mol. The van der Waals surface area contributed by atoms with Gasteiger partial charge in [-0.15, -0.1) is 0 Å². The van der Waals surface area contributed by atoms with E-state index in [0.29, 0.717) is 11.6 Å². The quantitative estimate of drug-likeness (QED) is 0.906. The zero-order valence-electron chi connectivity index (χ0n) is 13.6. The van der Waals surface area contributed by atoms with Crippen LogP contribution >= 0.6 is 11.6 Å². The highest BCUT2D eigenvalue weighted by atomic mass is 35.5. The number of halogens is 1. The molecule has 0 spiro atoms. The highest BCUT2D eigenvalue weighted by Crippen LogP contribution is 2.19. The number of carbonyl (C=O) groups excluding carboxylic acids is 1. The maximum absolute atomic E-state index is 12.5. The second-order valence-corrected chi connectivity index (χ2v) is 6.72. The number of likely N-dealkylation sites (tertiary alicyclic amines) is 1. The number of hydrogen-bond acceptors (Lipinski definition) is 3. The maximum atomic E-state index is 12.5. The van der Waals surface area contributed by atoms with Crippen LogP contribution in [0, 0.1) is 5.92 Å². The normalized spacial score (nSPS) is 18.3. The molecular formula is C19H22ClN3O. The summed E-state index contributed by atoms with van der Waals surface area (Å²) in [6, 6.07) is 11.6. The van der Waals surface area contributed by atoms with Crippen molar-refractivity contribution in [3.05, 3.63) is 64.9 Å². The van der Waals surface area contributed by atoms with Crippen molar-refractivity contribution in [2.45, 2.75) is 25.9 Å². The minimum Gasteiger partial charge on any atom is -0.352 e. The Balaban J connectivity index is 1.50. The fourth-order valence-corrected chi connectivity index (χ4v) is 3.22. The van der Waals surface area contributed by atoms with E-state index in [1.807, 2.05) is 36.5 Å². The topological polar surface area (TPSA) is 45.2 Å². The predicted octanol–water partition coefficient (Wildman–Crippen LogP) is 3.26. The van der Waals surface area contributed by atoms with Gasteiger partial charge in [0.1, 0.15) is 0 Å². The molecule has 0 saturated carbocycles. The highest BCUT2D eigenvalue weighted by molar-refractivity contribution is 6.30. The zero-order chi connectivity index (χ0) is 16.8. The summed E-state index contributed by atoms with van der Waals surface area (Å²) < 4.78 is 0. The van der Waals surface area contributed by atoms with Gasteiger partial charge in [0.15, 0.2) is 0 Å². The molecule has 24 heavy (non-hydrogen) atoms. The van der Waals surface area contributed by atoms with E-state index in [4.69, 9.17) is 11.6 Å². The van der Waals surface area contributed by atoms with Crippen LogP contribution in [0.15, 0.2) is 48.8 Å². The van der Waals surface area contributed by atoms with Crippen molar-refractivity contribution >= 4 is 17.5 Å². The first-order chi connectivity index (χ1) is 11.7. The molecule has 1 aliphatic heterocycles. The van der Waals surface area contributed by atoms with Crippen LogP contribution < -0.4 is 5.32 Å². The van der Waals surface area contributed by atoms with Gasteiger partial charge >= 0.3 is 0 Å². The fraction of sp³-hybridized carbons (Fsp3) is 0.368. The maximum Gasteiger partial charge on any atom is 0.224 e. The van der Waals surface area contributed by atoms with Gasteiger partial charge in [-0.3, -0.25) is 14.7 Å². The molecule has 3 rings (SSSR count). The summed E-state index contributed by atoms with van der Waals surface area (Å²) in [5, 5.41) is 3.76. The van der Waals surface area contributed by atoms with Gasteiger partial charge in [0, 0.05) is 37.1 Å². The summed E-state index contributed by atoms with van der Waals surface area (Å²) in [4.78, 5) is 19.0. The standard InChI is InChI=1S/C19H22ClN3O/c20-18-7-5-15(6-8-18)12-22-19(24)17-4-2-10-23(14-17)13-16-3-1-9-21-11-16/h1,3,5-9,11,17H,2,4,10,12-14H2,(H,22,24). The van der Waals surface area contributed by atoms with Crippen LogP contribution in [0.4, 0.5) is 0 Å². The Kier molecular flexibility index (Phi) is 5.83. The van der Waals surface area contributed by atoms with E-state index in [2.05, 4.69) is 21.3 Å². The van der Waals surface area contributed by atoms with Crippen LogP contribution in [0.25, 0.3) is 0 Å². The Labute approximate surface area is 147 Å². The lowest BCUT2D eigenvalue weighted by atomic mass is 9.96. The first kappa shape index (κ1) is 16.9. The Hall–Kier alpha value is -1.91. The molecule has 1 aromatic heterocycles. The molecular weight excluding hydrogens is 322 g/mol. The van der Waals surface area contributed by atoms with Crippen LogP contribution in [0.5, 0.6) is 0 Å². The molecule has 1 saturated heterocycles. The molecule has 4 nitrogen and oxygen atoms in total. The minimum atomic E-state index is 0.0581. The number of carbonyl (C=O) groups is 1. The molecule has 0 radical (unpaired) electrons. The van der Waals surface area contributed by atoms with Crippen molar-refractivity contribution in [2.75, 3.05) is 13.1 Å². The zero-order valence-corrected chi connectivity index (χ0v) is 14.4. The van der Waals surface area contributed by atoms with E-state index in [-0.39, 0.29) is 11.8 Å². The molecule has 1 atom stereocenters. The molecule has 1 fully saturated rings. The third kappa shape index (κ3) is 4.79. The molecule has 1 aromatic carbocycles. The Morgan fingerprint density at radius 1 is 1.25 bits per heavy atom. The van der Waals surface area contributed by atoms with Crippen molar-refractivity contribution < 1.29 is 4.79 Å². The summed E-state index contributed by atoms with van der Waals surface area (Å²) in [7, 11) is 0. The van der Waals surface area contributed by atoms with Gasteiger partial charge in [-0.05, 0) is 48.7 Å². The predicted molar refractivity (Wildman–Crippen MR) is 95.5 cm³/mol. The van der Waals surface area contributed by atoms with Gasteiger partial charge in [0.05, 0.1) is 5.92 Å². The van der Waals surface area contributed by atoms with Gasteiger partial charge in [-0.25, -0.2) is 0 Å². The highest BCUT2D eigenvalue weighted by Gasteiger charge is 2.25. The average Bonchev–Trinajstić information content (AvgIpc) is 2.62. The van der Waals surface area contributed by atoms with Crippen molar-refractivity contribution in [1.82, 2.24) is 15.2 Å². The Morgan fingerprint density at radius 2 is 2.08 bits per heavy atom. The molecule has 1 aliphatic rings. The van der Waals surface area contributed by atoms with Crippen LogP contribution in [-0.4, -0.2) is 28.9 Å². The van der Waals surface area contributed by atoms with Crippen molar-refractivity contribution in [3.63, 3.8) is 0 Å². The number of aromatic nitrogens is 1. The summed E-state index contributed by atoms with van der Waals surface area (Å²) in [6.45, 7) is 3.25. The van der Waals surface area contributed by atoms with E-state index in [1.54, 1.807) is 6.20 Å². The van der Waals surface area contributed by atoms with Crippen LogP contribution in [0.3, 0.4) is 0 Å². The first-order valence-electron chi connectivity index (χ1n) is 8.34. The van der Waals surface area contributed by atoms with E-state index < -0.39 is 0 Å². The molecule has 0 aliphatic carbocycles. The number of piperidine rings is 1. The van der Waals surface area contributed by atoms with Gasteiger partial charge in [0.2, 0.25) is 5.91 Å². The molecule has 2 heterocycles. The van der Waals surface area contributed by atoms with Gasteiger partial charge in [-0.2, -0.15) is 0 Å². The SMILES string of the molecule is O=C(NCc1ccc(Cl)cc1)C1CCCN(Cc2cccnc2)C1. The number of hydrogen-bond donors (Lipinski definition) is 1.